The van der Waals surface area contributed by atoms with E-state index < -0.39 is 5.97 Å². The number of aromatic nitrogens is 1. The van der Waals surface area contributed by atoms with Crippen molar-refractivity contribution in [3.8, 4) is 0 Å². The van der Waals surface area contributed by atoms with Gasteiger partial charge in [0.1, 0.15) is 0 Å². The third-order valence-corrected chi connectivity index (χ3v) is 3.69. The zero-order valence-electron chi connectivity index (χ0n) is 12.5. The van der Waals surface area contributed by atoms with Crippen molar-refractivity contribution in [2.24, 2.45) is 11.7 Å². The maximum atomic E-state index is 10.9. The van der Waals surface area contributed by atoms with Crippen LogP contribution in [-0.2, 0) is 17.8 Å². The first kappa shape index (κ1) is 15.3. The van der Waals surface area contributed by atoms with Crippen molar-refractivity contribution in [1.29, 1.82) is 0 Å². The number of carboxylic acids is 1. The number of benzene rings is 1. The predicted octanol–water partition coefficient (Wildman–Crippen LogP) is 2.82. The fourth-order valence-corrected chi connectivity index (χ4v) is 2.38. The van der Waals surface area contributed by atoms with Gasteiger partial charge in [0.25, 0.3) is 0 Å². The molecule has 4 nitrogen and oxygen atoms in total. The van der Waals surface area contributed by atoms with Crippen LogP contribution in [0, 0.1) is 5.92 Å². The number of nitrogens with two attached hydrogens (primary N) is 1. The van der Waals surface area contributed by atoms with Crippen LogP contribution in [0.2, 0.25) is 0 Å². The number of rotatable bonds is 6. The van der Waals surface area contributed by atoms with Gasteiger partial charge >= 0.3 is 5.97 Å². The smallest absolute Gasteiger partial charge is 0.307 e. The number of hydrogen-bond acceptors (Lipinski definition) is 2. The number of carboxylic acid groups (broad SMARTS) is 1. The lowest BCUT2D eigenvalue weighted by atomic mass is 10.00. The summed E-state index contributed by atoms with van der Waals surface area (Å²) in [5, 5.41) is 8.97. The monoisotopic (exact) mass is 286 g/mol. The van der Waals surface area contributed by atoms with Crippen LogP contribution in [0.4, 0.5) is 0 Å². The number of hydrogen-bond donors (Lipinski definition) is 2. The summed E-state index contributed by atoms with van der Waals surface area (Å²) in [5.74, 6) is -0.419. The van der Waals surface area contributed by atoms with E-state index in [-0.39, 0.29) is 12.5 Å². The lowest BCUT2D eigenvalue weighted by Gasteiger charge is -2.14. The Kier molecular flexibility index (Phi) is 4.81. The van der Waals surface area contributed by atoms with Crippen molar-refractivity contribution in [2.75, 3.05) is 0 Å². The van der Waals surface area contributed by atoms with Crippen LogP contribution in [-0.4, -0.2) is 15.6 Å². The molecule has 0 saturated heterocycles. The highest BCUT2D eigenvalue weighted by Gasteiger charge is 2.12. The van der Waals surface area contributed by atoms with Crippen LogP contribution >= 0.6 is 0 Å². The molecule has 0 aliphatic heterocycles. The number of carbonyl (C=O) groups is 1. The molecule has 0 fully saturated rings. The average molecular weight is 286 g/mol. The van der Waals surface area contributed by atoms with E-state index in [0.29, 0.717) is 12.5 Å². The molecule has 1 atom stereocenters. The first-order valence-corrected chi connectivity index (χ1v) is 7.17. The lowest BCUT2D eigenvalue weighted by molar-refractivity contribution is -0.136. The second kappa shape index (κ2) is 6.59. The molecule has 0 spiro atoms. The van der Waals surface area contributed by atoms with Gasteiger partial charge < -0.3 is 15.4 Å². The van der Waals surface area contributed by atoms with Gasteiger partial charge in [-0.2, -0.15) is 0 Å². The molecule has 0 radical (unpaired) electrons. The van der Waals surface area contributed by atoms with Crippen molar-refractivity contribution in [1.82, 2.24) is 4.57 Å². The molecule has 2 rings (SSSR count). The molecule has 0 saturated carbocycles. The van der Waals surface area contributed by atoms with E-state index >= 15 is 0 Å². The van der Waals surface area contributed by atoms with Gasteiger partial charge in [-0.25, -0.2) is 0 Å². The molecular weight excluding hydrogens is 264 g/mol. The van der Waals surface area contributed by atoms with Crippen LogP contribution in [0.3, 0.4) is 0 Å². The maximum Gasteiger partial charge on any atom is 0.307 e. The summed E-state index contributed by atoms with van der Waals surface area (Å²) in [6.45, 7) is 4.86. The summed E-state index contributed by atoms with van der Waals surface area (Å²) in [6, 6.07) is 9.71. The highest BCUT2D eigenvalue weighted by Crippen LogP contribution is 2.20. The van der Waals surface area contributed by atoms with E-state index in [9.17, 15) is 4.79 Å². The largest absolute Gasteiger partial charge is 0.481 e. The van der Waals surface area contributed by atoms with E-state index in [1.54, 1.807) is 0 Å². The van der Waals surface area contributed by atoms with Gasteiger partial charge in [0.05, 0.1) is 6.42 Å². The van der Waals surface area contributed by atoms with Gasteiger partial charge in [-0.1, -0.05) is 38.1 Å². The molecule has 0 bridgehead atoms. The van der Waals surface area contributed by atoms with Gasteiger partial charge in [0, 0.05) is 25.0 Å². The van der Waals surface area contributed by atoms with Crippen LogP contribution in [0.1, 0.15) is 36.6 Å². The molecule has 21 heavy (non-hydrogen) atoms. The van der Waals surface area contributed by atoms with Crippen molar-refractivity contribution in [2.45, 2.75) is 32.9 Å². The van der Waals surface area contributed by atoms with Gasteiger partial charge in [0.2, 0.25) is 0 Å². The quantitative estimate of drug-likeness (QED) is 0.858. The molecule has 0 aliphatic rings. The molecule has 1 unspecified atom stereocenters. The van der Waals surface area contributed by atoms with E-state index in [2.05, 4.69) is 18.4 Å². The third kappa shape index (κ3) is 3.95. The molecule has 0 aliphatic carbocycles. The Labute approximate surface area is 125 Å². The minimum atomic E-state index is -0.808. The van der Waals surface area contributed by atoms with E-state index in [1.807, 2.05) is 42.7 Å². The summed E-state index contributed by atoms with van der Waals surface area (Å²) >= 11 is 0. The summed E-state index contributed by atoms with van der Waals surface area (Å²) < 4.78 is 2.05. The fraction of sp³-hybridized carbons (Fsp3) is 0.353. The summed E-state index contributed by atoms with van der Waals surface area (Å²) in [5.41, 5.74) is 9.14. The molecule has 1 aromatic carbocycles. The Hall–Kier alpha value is -2.07. The van der Waals surface area contributed by atoms with E-state index in [0.717, 1.165) is 16.7 Å². The third-order valence-electron chi connectivity index (χ3n) is 3.69. The zero-order valence-corrected chi connectivity index (χ0v) is 12.5. The van der Waals surface area contributed by atoms with E-state index in [4.69, 9.17) is 10.8 Å². The van der Waals surface area contributed by atoms with Crippen LogP contribution < -0.4 is 5.73 Å². The minimum absolute atomic E-state index is 0.0283. The molecule has 2 aromatic rings. The lowest BCUT2D eigenvalue weighted by Crippen LogP contribution is -2.16. The first-order chi connectivity index (χ1) is 9.97. The van der Waals surface area contributed by atoms with Crippen molar-refractivity contribution in [3.05, 3.63) is 59.4 Å². The van der Waals surface area contributed by atoms with Crippen molar-refractivity contribution in [3.63, 3.8) is 0 Å². The van der Waals surface area contributed by atoms with Gasteiger partial charge in [-0.05, 0) is 28.7 Å². The Bertz CT molecular complexity index is 617. The second-order valence-electron chi connectivity index (χ2n) is 5.73. The number of aliphatic carboxylic acids is 1. The van der Waals surface area contributed by atoms with Crippen molar-refractivity contribution >= 4 is 5.97 Å². The highest BCUT2D eigenvalue weighted by molar-refractivity contribution is 5.70. The van der Waals surface area contributed by atoms with Crippen molar-refractivity contribution < 1.29 is 9.90 Å². The van der Waals surface area contributed by atoms with Crippen LogP contribution in [0.15, 0.2) is 42.7 Å². The van der Waals surface area contributed by atoms with E-state index in [1.165, 1.54) is 0 Å². The Morgan fingerprint density at radius 1 is 1.24 bits per heavy atom. The normalized spacial score (nSPS) is 12.6. The Morgan fingerprint density at radius 3 is 2.52 bits per heavy atom. The van der Waals surface area contributed by atoms with Gasteiger partial charge in [-0.3, -0.25) is 4.79 Å². The SMILES string of the molecule is CC(C)C(N)c1ccn(Cc2ccccc2CC(=O)O)c1. The minimum Gasteiger partial charge on any atom is -0.481 e. The summed E-state index contributed by atoms with van der Waals surface area (Å²) in [7, 11) is 0. The van der Waals surface area contributed by atoms with Gasteiger partial charge in [0.15, 0.2) is 0 Å². The average Bonchev–Trinajstić information content (AvgIpc) is 2.88. The molecule has 1 heterocycles. The highest BCUT2D eigenvalue weighted by atomic mass is 16.4. The Balaban J connectivity index is 2.17. The zero-order chi connectivity index (χ0) is 15.4. The summed E-state index contributed by atoms with van der Waals surface area (Å²) in [6.07, 6.45) is 4.09. The molecule has 0 amide bonds. The maximum absolute atomic E-state index is 10.9. The second-order valence-corrected chi connectivity index (χ2v) is 5.73. The topological polar surface area (TPSA) is 68.2 Å². The summed E-state index contributed by atoms with van der Waals surface area (Å²) in [4.78, 5) is 10.9. The van der Waals surface area contributed by atoms with Crippen LogP contribution in [0.5, 0.6) is 0 Å². The Morgan fingerprint density at radius 2 is 1.90 bits per heavy atom. The fourth-order valence-electron chi connectivity index (χ4n) is 2.38. The number of nitrogens with zero attached hydrogens (tertiary/aromatic N) is 1. The van der Waals surface area contributed by atoms with Crippen LogP contribution in [0.25, 0.3) is 0 Å². The molecule has 112 valence electrons. The van der Waals surface area contributed by atoms with Gasteiger partial charge in [-0.15, -0.1) is 0 Å². The molecule has 4 heteroatoms. The molecule has 3 N–H and O–H groups in total. The first-order valence-electron chi connectivity index (χ1n) is 7.17. The predicted molar refractivity (Wildman–Crippen MR) is 83.1 cm³/mol. The standard InChI is InChI=1S/C17H22N2O2/c1-12(2)17(18)15-7-8-19(11-15)10-14-6-4-3-5-13(14)9-16(20)21/h3-8,11-12,17H,9-10,18H2,1-2H3,(H,20,21). The molecule has 1 aromatic heterocycles. The molecular formula is C17H22N2O2.